The van der Waals surface area contributed by atoms with Crippen molar-refractivity contribution in [3.8, 4) is 67.1 Å². The largest absolute Gasteiger partial charge is 0.455 e. The minimum atomic E-state index is -0.597. The van der Waals surface area contributed by atoms with Gasteiger partial charge in [-0.15, -0.1) is 0 Å². The van der Waals surface area contributed by atoms with Gasteiger partial charge in [0.2, 0.25) is 0 Å². The van der Waals surface area contributed by atoms with Gasteiger partial charge in [-0.25, -0.2) is 0 Å². The highest BCUT2D eigenvalue weighted by Gasteiger charge is 2.52. The monoisotopic (exact) mass is 903 g/mol. The van der Waals surface area contributed by atoms with Gasteiger partial charge in [0.05, 0.1) is 5.41 Å². The second kappa shape index (κ2) is 16.5. The number of rotatable bonds is 7. The van der Waals surface area contributed by atoms with Crippen LogP contribution in [-0.2, 0) is 5.41 Å². The molecule has 0 N–H and O–H groups in total. The summed E-state index contributed by atoms with van der Waals surface area (Å²) in [6.45, 7) is 0. The molecule has 1 spiro atoms. The minimum Gasteiger partial charge on any atom is -0.455 e. The van der Waals surface area contributed by atoms with E-state index < -0.39 is 5.41 Å². The average Bonchev–Trinajstić information content (AvgIpc) is 3.74. The molecule has 0 atom stereocenters. The highest BCUT2D eigenvalue weighted by molar-refractivity contribution is 6.00. The maximum absolute atomic E-state index is 7.20. The Bertz CT molecular complexity index is 3850. The number of para-hydroxylation sites is 1. The fraction of sp³-hybridized carbons (Fsp3) is 0.0145. The first-order valence-electron chi connectivity index (χ1n) is 24.5. The van der Waals surface area contributed by atoms with Crippen molar-refractivity contribution in [2.24, 2.45) is 0 Å². The molecule has 0 fully saturated rings. The number of nitrogens with zero attached hydrogens (tertiary/aromatic N) is 1. The van der Waals surface area contributed by atoms with Crippen LogP contribution in [0.2, 0.25) is 0 Å². The summed E-state index contributed by atoms with van der Waals surface area (Å²) in [6, 6.07) is 99.6. The molecule has 332 valence electrons. The standard InChI is InChI=1S/C69H45NO/c1-4-16-46(17-5-1)54-42-55(47-18-6-2-7-19-47)44-58(43-54)70(56-22-8-3-9-23-56)57-37-32-49(33-38-57)48-28-30-50(31-29-48)53-34-39-62-61-26-14-15-27-63(61)69(66(62)45-53)64-40-35-51-20-10-12-24-59(51)67(64)71-68-60-25-13-11-21-52(60)36-41-65(68)69/h1-45H. The van der Waals surface area contributed by atoms with Crippen LogP contribution in [0.5, 0.6) is 11.5 Å². The number of hydrogen-bond donors (Lipinski definition) is 0. The van der Waals surface area contributed by atoms with E-state index in [1.807, 2.05) is 0 Å². The van der Waals surface area contributed by atoms with Gasteiger partial charge in [0.15, 0.2) is 0 Å². The van der Waals surface area contributed by atoms with Crippen LogP contribution in [0.1, 0.15) is 22.3 Å². The maximum atomic E-state index is 7.20. The molecule has 12 aromatic rings. The molecular weight excluding hydrogens is 859 g/mol. The smallest absolute Gasteiger partial charge is 0.140 e. The van der Waals surface area contributed by atoms with Crippen LogP contribution in [-0.4, -0.2) is 0 Å². The van der Waals surface area contributed by atoms with Crippen LogP contribution in [0, 0.1) is 0 Å². The predicted octanol–water partition coefficient (Wildman–Crippen LogP) is 18.6. The highest BCUT2D eigenvalue weighted by Crippen LogP contribution is 2.64. The zero-order valence-corrected chi connectivity index (χ0v) is 38.8. The lowest BCUT2D eigenvalue weighted by Crippen LogP contribution is -2.32. The van der Waals surface area contributed by atoms with E-state index in [4.69, 9.17) is 4.74 Å². The van der Waals surface area contributed by atoms with Crippen LogP contribution in [0.15, 0.2) is 273 Å². The Hall–Kier alpha value is -9.24. The number of ether oxygens (including phenoxy) is 1. The van der Waals surface area contributed by atoms with Crippen LogP contribution in [0.3, 0.4) is 0 Å². The molecule has 1 aliphatic heterocycles. The third-order valence-corrected chi connectivity index (χ3v) is 14.9. The first-order valence-corrected chi connectivity index (χ1v) is 24.5. The van der Waals surface area contributed by atoms with Crippen molar-refractivity contribution in [2.75, 3.05) is 4.90 Å². The van der Waals surface area contributed by atoms with Crippen molar-refractivity contribution in [1.29, 1.82) is 0 Å². The summed E-state index contributed by atoms with van der Waals surface area (Å²) < 4.78 is 7.20. The van der Waals surface area contributed by atoms with E-state index in [9.17, 15) is 0 Å². The summed E-state index contributed by atoms with van der Waals surface area (Å²) in [6.07, 6.45) is 0. The summed E-state index contributed by atoms with van der Waals surface area (Å²) in [7, 11) is 0. The van der Waals surface area contributed by atoms with Crippen molar-refractivity contribution >= 4 is 38.6 Å². The van der Waals surface area contributed by atoms with E-state index in [-0.39, 0.29) is 0 Å². The van der Waals surface area contributed by atoms with E-state index in [0.29, 0.717) is 0 Å². The molecule has 1 aliphatic carbocycles. The van der Waals surface area contributed by atoms with Gasteiger partial charge in [-0.1, -0.05) is 224 Å². The first kappa shape index (κ1) is 40.8. The first-order chi connectivity index (χ1) is 35.2. The Labute approximate surface area is 414 Å². The minimum absolute atomic E-state index is 0.597. The Morgan fingerprint density at radius 2 is 0.690 bits per heavy atom. The summed E-state index contributed by atoms with van der Waals surface area (Å²) >= 11 is 0. The molecule has 2 aliphatic rings. The molecule has 2 heteroatoms. The van der Waals surface area contributed by atoms with Gasteiger partial charge in [0, 0.05) is 39.0 Å². The second-order valence-corrected chi connectivity index (χ2v) is 18.8. The van der Waals surface area contributed by atoms with Crippen molar-refractivity contribution in [2.45, 2.75) is 5.41 Å². The molecule has 0 amide bonds. The number of fused-ring (bicyclic) bond motifs is 13. The summed E-state index contributed by atoms with van der Waals surface area (Å²) in [5.41, 5.74) is 19.5. The van der Waals surface area contributed by atoms with E-state index in [2.05, 4.69) is 278 Å². The van der Waals surface area contributed by atoms with Gasteiger partial charge in [-0.3, -0.25) is 0 Å². The maximum Gasteiger partial charge on any atom is 0.140 e. The SMILES string of the molecule is c1ccc(-c2cc(-c3ccccc3)cc(N(c3ccccc3)c3ccc(-c4ccc(-c5ccc6c(c5)C5(c7ccccc7-6)c6ccc7ccccc7c6Oc6c5ccc5ccccc65)cc4)cc3)c2)cc1. The molecule has 0 bridgehead atoms. The molecule has 0 radical (unpaired) electrons. The van der Waals surface area contributed by atoms with E-state index >= 15 is 0 Å². The highest BCUT2D eigenvalue weighted by atomic mass is 16.5. The van der Waals surface area contributed by atoms with Gasteiger partial charge in [0.25, 0.3) is 0 Å². The summed E-state index contributed by atoms with van der Waals surface area (Å²) in [4.78, 5) is 2.37. The molecular formula is C69H45NO. The Balaban J connectivity index is 0.857. The molecule has 14 rings (SSSR count). The molecule has 71 heavy (non-hydrogen) atoms. The Morgan fingerprint density at radius 3 is 1.28 bits per heavy atom. The fourth-order valence-corrected chi connectivity index (χ4v) is 11.6. The van der Waals surface area contributed by atoms with Gasteiger partial charge in [-0.05, 0) is 126 Å². The van der Waals surface area contributed by atoms with Gasteiger partial charge < -0.3 is 9.64 Å². The molecule has 0 saturated heterocycles. The third-order valence-electron chi connectivity index (χ3n) is 14.9. The van der Waals surface area contributed by atoms with Crippen molar-refractivity contribution in [1.82, 2.24) is 0 Å². The lowest BCUT2D eigenvalue weighted by atomic mass is 9.65. The quantitative estimate of drug-likeness (QED) is 0.158. The molecule has 0 unspecified atom stereocenters. The van der Waals surface area contributed by atoms with Crippen LogP contribution < -0.4 is 9.64 Å². The van der Waals surface area contributed by atoms with Crippen molar-refractivity contribution < 1.29 is 4.74 Å². The average molecular weight is 904 g/mol. The van der Waals surface area contributed by atoms with Crippen LogP contribution in [0.4, 0.5) is 17.1 Å². The van der Waals surface area contributed by atoms with Gasteiger partial charge >= 0.3 is 0 Å². The lowest BCUT2D eigenvalue weighted by Gasteiger charge is -2.40. The normalized spacial score (nSPS) is 12.7. The summed E-state index contributed by atoms with van der Waals surface area (Å²) in [5.74, 6) is 1.86. The molecule has 0 aromatic heterocycles. The van der Waals surface area contributed by atoms with Gasteiger partial charge in [-0.2, -0.15) is 0 Å². The molecule has 0 saturated carbocycles. The number of anilines is 3. The van der Waals surface area contributed by atoms with E-state index in [1.165, 1.54) is 83.1 Å². The number of benzene rings is 12. The third kappa shape index (κ3) is 6.57. The zero-order chi connectivity index (χ0) is 46.9. The number of hydrogen-bond acceptors (Lipinski definition) is 2. The molecule has 2 nitrogen and oxygen atoms in total. The predicted molar refractivity (Wildman–Crippen MR) is 295 cm³/mol. The topological polar surface area (TPSA) is 12.5 Å². The van der Waals surface area contributed by atoms with E-state index in [0.717, 1.165) is 44.9 Å². The lowest BCUT2D eigenvalue weighted by molar-refractivity contribution is 0.447. The van der Waals surface area contributed by atoms with Gasteiger partial charge in [0.1, 0.15) is 11.5 Å². The van der Waals surface area contributed by atoms with Crippen molar-refractivity contribution in [3.63, 3.8) is 0 Å². The summed E-state index contributed by atoms with van der Waals surface area (Å²) in [5, 5.41) is 4.58. The molecule has 1 heterocycles. The van der Waals surface area contributed by atoms with E-state index in [1.54, 1.807) is 0 Å². The Kier molecular flexibility index (Phi) is 9.47. The molecule has 12 aromatic carbocycles. The second-order valence-electron chi connectivity index (χ2n) is 18.8. The fourth-order valence-electron chi connectivity index (χ4n) is 11.6. The van der Waals surface area contributed by atoms with Crippen LogP contribution in [0.25, 0.3) is 77.2 Å². The zero-order valence-electron chi connectivity index (χ0n) is 38.8. The Morgan fingerprint density at radius 1 is 0.254 bits per heavy atom. The van der Waals surface area contributed by atoms with Crippen molar-refractivity contribution in [3.05, 3.63) is 295 Å². The van der Waals surface area contributed by atoms with Crippen LogP contribution >= 0.6 is 0 Å².